The lowest BCUT2D eigenvalue weighted by atomic mass is 10.1. The van der Waals surface area contributed by atoms with E-state index < -0.39 is 11.7 Å². The van der Waals surface area contributed by atoms with Gasteiger partial charge in [0.15, 0.2) is 0 Å². The fourth-order valence-corrected chi connectivity index (χ4v) is 3.32. The average Bonchev–Trinajstić information content (AvgIpc) is 3.13. The Morgan fingerprint density at radius 2 is 2.03 bits per heavy atom. The van der Waals surface area contributed by atoms with Crippen molar-refractivity contribution < 1.29 is 13.9 Å². The van der Waals surface area contributed by atoms with Gasteiger partial charge in [-0.1, -0.05) is 24.6 Å². The van der Waals surface area contributed by atoms with Gasteiger partial charge >= 0.3 is 0 Å². The minimum absolute atomic E-state index is 0.171. The fraction of sp³-hybridized carbons (Fsp3) is 0.292. The van der Waals surface area contributed by atoms with Crippen molar-refractivity contribution in [2.75, 3.05) is 12.4 Å². The summed E-state index contributed by atoms with van der Waals surface area (Å²) in [7, 11) is 1.53. The Morgan fingerprint density at radius 3 is 2.73 bits per heavy atom. The number of hydrogen-bond donors (Lipinski definition) is 2. The SMILES string of the molecule is CCCn1cc(CN=C(NC(=O)c2ccc(C)c(F)c2)Nc2cc(Cl)ccc2OC)c(C)n1. The third kappa shape index (κ3) is 6.32. The first-order valence-electron chi connectivity index (χ1n) is 10.6. The third-order valence-electron chi connectivity index (χ3n) is 4.99. The number of nitrogens with zero attached hydrogens (tertiary/aromatic N) is 3. The molecule has 33 heavy (non-hydrogen) atoms. The standard InChI is InChI=1S/C24H27ClFN5O2/c1-5-10-31-14-18(16(3)30-31)13-27-24(28-21-12-19(25)8-9-22(21)33-4)29-23(32)17-7-6-15(2)20(26)11-17/h6-9,11-12,14H,5,10,13H2,1-4H3,(H2,27,28,29,32). The van der Waals surface area contributed by atoms with Crippen LogP contribution in [-0.2, 0) is 13.1 Å². The summed E-state index contributed by atoms with van der Waals surface area (Å²) in [6.07, 6.45) is 2.91. The number of anilines is 1. The predicted molar refractivity (Wildman–Crippen MR) is 129 cm³/mol. The van der Waals surface area contributed by atoms with Gasteiger partial charge in [-0.25, -0.2) is 9.38 Å². The quantitative estimate of drug-likeness (QED) is 0.370. The molecule has 3 rings (SSSR count). The number of benzene rings is 2. The van der Waals surface area contributed by atoms with Crippen LogP contribution in [0.3, 0.4) is 0 Å². The van der Waals surface area contributed by atoms with Gasteiger partial charge in [-0.2, -0.15) is 5.10 Å². The van der Waals surface area contributed by atoms with Gasteiger partial charge in [0.1, 0.15) is 11.6 Å². The van der Waals surface area contributed by atoms with Crippen LogP contribution in [0, 0.1) is 19.7 Å². The first-order chi connectivity index (χ1) is 15.8. The molecule has 0 fully saturated rings. The van der Waals surface area contributed by atoms with Gasteiger partial charge in [0.25, 0.3) is 5.91 Å². The first kappa shape index (κ1) is 24.3. The molecule has 174 valence electrons. The maximum absolute atomic E-state index is 14.0. The number of aliphatic imine (C=N–C) groups is 1. The summed E-state index contributed by atoms with van der Waals surface area (Å²) < 4.78 is 21.2. The Morgan fingerprint density at radius 1 is 1.24 bits per heavy atom. The molecule has 9 heteroatoms. The van der Waals surface area contributed by atoms with Gasteiger partial charge in [0.05, 0.1) is 25.0 Å². The van der Waals surface area contributed by atoms with Crippen LogP contribution in [0.15, 0.2) is 47.6 Å². The van der Waals surface area contributed by atoms with Gasteiger partial charge < -0.3 is 10.1 Å². The molecule has 0 bridgehead atoms. The Kier molecular flexibility index (Phi) is 8.06. The molecule has 1 amide bonds. The van der Waals surface area contributed by atoms with Gasteiger partial charge in [0.2, 0.25) is 5.96 Å². The fourth-order valence-electron chi connectivity index (χ4n) is 3.15. The number of ether oxygens (including phenoxy) is 1. The molecule has 0 saturated carbocycles. The Hall–Kier alpha value is -3.39. The third-order valence-corrected chi connectivity index (χ3v) is 5.22. The van der Waals surface area contributed by atoms with Crippen LogP contribution in [0.25, 0.3) is 0 Å². The van der Waals surface area contributed by atoms with Gasteiger partial charge in [0, 0.05) is 28.9 Å². The zero-order valence-electron chi connectivity index (χ0n) is 19.1. The van der Waals surface area contributed by atoms with Gasteiger partial charge in [-0.3, -0.25) is 14.8 Å². The highest BCUT2D eigenvalue weighted by Crippen LogP contribution is 2.27. The number of rotatable bonds is 7. The lowest BCUT2D eigenvalue weighted by molar-refractivity contribution is 0.0976. The van der Waals surface area contributed by atoms with Crippen molar-refractivity contribution in [3.8, 4) is 5.75 Å². The second kappa shape index (κ2) is 11.0. The molecule has 0 spiro atoms. The molecule has 3 aromatic rings. The van der Waals surface area contributed by atoms with Crippen molar-refractivity contribution in [2.45, 2.75) is 40.3 Å². The number of guanidine groups is 1. The van der Waals surface area contributed by atoms with Crippen molar-refractivity contribution in [1.82, 2.24) is 15.1 Å². The van der Waals surface area contributed by atoms with Gasteiger partial charge in [-0.05, 0) is 56.2 Å². The van der Waals surface area contributed by atoms with Crippen LogP contribution >= 0.6 is 11.6 Å². The van der Waals surface area contributed by atoms with Crippen molar-refractivity contribution in [2.24, 2.45) is 4.99 Å². The Balaban J connectivity index is 1.90. The van der Waals surface area contributed by atoms with E-state index in [2.05, 4.69) is 27.6 Å². The van der Waals surface area contributed by atoms with Crippen LogP contribution in [-0.4, -0.2) is 28.8 Å². The number of aryl methyl sites for hydroxylation is 3. The molecule has 1 heterocycles. The van der Waals surface area contributed by atoms with Crippen LogP contribution in [0.4, 0.5) is 10.1 Å². The monoisotopic (exact) mass is 471 g/mol. The molecule has 2 N–H and O–H groups in total. The van der Waals surface area contributed by atoms with E-state index in [-0.39, 0.29) is 18.1 Å². The number of methoxy groups -OCH3 is 1. The second-order valence-corrected chi connectivity index (χ2v) is 7.99. The van der Waals surface area contributed by atoms with Crippen LogP contribution in [0.1, 0.15) is 40.5 Å². The topological polar surface area (TPSA) is 80.5 Å². The van der Waals surface area contributed by atoms with E-state index in [0.717, 1.165) is 24.2 Å². The van der Waals surface area contributed by atoms with Crippen molar-refractivity contribution in [3.63, 3.8) is 0 Å². The molecule has 0 radical (unpaired) electrons. The molecule has 0 aliphatic rings. The van der Waals surface area contributed by atoms with Crippen molar-refractivity contribution >= 4 is 29.2 Å². The van der Waals surface area contributed by atoms with Gasteiger partial charge in [-0.15, -0.1) is 0 Å². The van der Waals surface area contributed by atoms with Crippen LogP contribution < -0.4 is 15.4 Å². The van der Waals surface area contributed by atoms with E-state index in [1.54, 1.807) is 37.3 Å². The smallest absolute Gasteiger partial charge is 0.258 e. The number of carbonyl (C=O) groups excluding carboxylic acids is 1. The van der Waals surface area contributed by atoms with Crippen molar-refractivity contribution in [1.29, 1.82) is 0 Å². The van der Waals surface area contributed by atoms with E-state index >= 15 is 0 Å². The maximum atomic E-state index is 14.0. The Labute approximate surface area is 197 Å². The lowest BCUT2D eigenvalue weighted by Gasteiger charge is -2.15. The number of carbonyl (C=O) groups is 1. The highest BCUT2D eigenvalue weighted by molar-refractivity contribution is 6.31. The summed E-state index contributed by atoms with van der Waals surface area (Å²) in [5.74, 6) is -0.261. The largest absolute Gasteiger partial charge is 0.495 e. The molecule has 0 unspecified atom stereocenters. The van der Waals surface area contributed by atoms with E-state index in [4.69, 9.17) is 16.3 Å². The van der Waals surface area contributed by atoms with E-state index in [0.29, 0.717) is 22.0 Å². The molecule has 0 atom stereocenters. The summed E-state index contributed by atoms with van der Waals surface area (Å²) in [5, 5.41) is 10.8. The molecule has 2 aromatic carbocycles. The summed E-state index contributed by atoms with van der Waals surface area (Å²) >= 11 is 6.14. The summed E-state index contributed by atoms with van der Waals surface area (Å²) in [5.41, 5.74) is 2.95. The zero-order chi connectivity index (χ0) is 24.0. The normalized spacial score (nSPS) is 11.4. The summed E-state index contributed by atoms with van der Waals surface area (Å²) in [4.78, 5) is 17.4. The van der Waals surface area contributed by atoms with Crippen LogP contribution in [0.5, 0.6) is 5.75 Å². The van der Waals surface area contributed by atoms with Crippen molar-refractivity contribution in [3.05, 3.63) is 75.8 Å². The molecule has 0 aliphatic heterocycles. The highest BCUT2D eigenvalue weighted by atomic mass is 35.5. The van der Waals surface area contributed by atoms with Crippen LogP contribution in [0.2, 0.25) is 5.02 Å². The number of aromatic nitrogens is 2. The molecule has 7 nitrogen and oxygen atoms in total. The first-order valence-corrected chi connectivity index (χ1v) is 10.9. The minimum atomic E-state index is -0.500. The number of hydrogen-bond acceptors (Lipinski definition) is 4. The molecule has 1 aromatic heterocycles. The lowest BCUT2D eigenvalue weighted by Crippen LogP contribution is -2.36. The maximum Gasteiger partial charge on any atom is 0.258 e. The minimum Gasteiger partial charge on any atom is -0.495 e. The van der Waals surface area contributed by atoms with E-state index in [1.807, 2.05) is 17.8 Å². The highest BCUT2D eigenvalue weighted by Gasteiger charge is 2.14. The number of halogens is 2. The predicted octanol–water partition coefficient (Wildman–Crippen LogP) is 5.11. The number of nitrogens with one attached hydrogen (secondary N) is 2. The van der Waals surface area contributed by atoms with E-state index in [9.17, 15) is 9.18 Å². The van der Waals surface area contributed by atoms with E-state index in [1.165, 1.54) is 13.2 Å². The summed E-state index contributed by atoms with van der Waals surface area (Å²) in [6, 6.07) is 9.38. The zero-order valence-corrected chi connectivity index (χ0v) is 19.8. The summed E-state index contributed by atoms with van der Waals surface area (Å²) in [6.45, 7) is 6.72. The molecular weight excluding hydrogens is 445 g/mol. The Bertz CT molecular complexity index is 1180. The second-order valence-electron chi connectivity index (χ2n) is 7.56. The molecule has 0 aliphatic carbocycles. The average molecular weight is 472 g/mol. The number of amides is 1. The molecular formula is C24H27ClFN5O2. The molecule has 0 saturated heterocycles.